The molecule has 2 heterocycles. The lowest BCUT2D eigenvalue weighted by Crippen LogP contribution is -2.33. The van der Waals surface area contributed by atoms with Crippen LogP contribution in [0.2, 0.25) is 0 Å². The van der Waals surface area contributed by atoms with Crippen LogP contribution in [0.5, 0.6) is 0 Å². The second-order valence-electron chi connectivity index (χ2n) is 5.35. The molecular formula is C16H21ClN4O2. The van der Waals surface area contributed by atoms with Crippen molar-refractivity contribution in [2.75, 3.05) is 20.3 Å². The van der Waals surface area contributed by atoms with Crippen LogP contribution < -0.4 is 10.6 Å². The molecule has 124 valence electrons. The Kier molecular flexibility index (Phi) is 6.15. The average Bonchev–Trinajstić information content (AvgIpc) is 2.99. The van der Waals surface area contributed by atoms with E-state index < -0.39 is 0 Å². The van der Waals surface area contributed by atoms with Gasteiger partial charge in [-0.25, -0.2) is 0 Å². The maximum Gasteiger partial charge on any atom is 0.272 e. The number of nitrogens with one attached hydrogen (secondary N) is 3. The predicted octanol–water partition coefficient (Wildman–Crippen LogP) is 1.59. The number of aromatic nitrogens is 2. The summed E-state index contributed by atoms with van der Waals surface area (Å²) in [6.45, 7) is 2.00. The number of carbonyl (C=O) groups excluding carboxylic acids is 1. The summed E-state index contributed by atoms with van der Waals surface area (Å²) in [5, 5.41) is 13.4. The minimum Gasteiger partial charge on any atom is -0.382 e. The topological polar surface area (TPSA) is 79.0 Å². The number of fused-ring (bicyclic) bond motifs is 1. The number of aromatic amines is 1. The Morgan fingerprint density at radius 3 is 2.91 bits per heavy atom. The van der Waals surface area contributed by atoms with E-state index in [1.165, 1.54) is 0 Å². The first-order valence-corrected chi connectivity index (χ1v) is 7.41. The summed E-state index contributed by atoms with van der Waals surface area (Å²) in [4.78, 5) is 12.6. The van der Waals surface area contributed by atoms with Crippen molar-refractivity contribution in [2.45, 2.75) is 19.0 Å². The van der Waals surface area contributed by atoms with Gasteiger partial charge < -0.3 is 15.4 Å². The van der Waals surface area contributed by atoms with Crippen LogP contribution in [0.25, 0.3) is 0 Å². The third kappa shape index (κ3) is 3.90. The number of ether oxygens (including phenoxy) is 1. The van der Waals surface area contributed by atoms with E-state index in [-0.39, 0.29) is 24.4 Å². The summed E-state index contributed by atoms with van der Waals surface area (Å²) in [6.07, 6.45) is 0.871. The highest BCUT2D eigenvalue weighted by Crippen LogP contribution is 2.18. The Bertz CT molecular complexity index is 645. The van der Waals surface area contributed by atoms with Gasteiger partial charge in [-0.15, -0.1) is 12.4 Å². The molecule has 0 saturated heterocycles. The molecule has 7 heteroatoms. The van der Waals surface area contributed by atoms with Crippen molar-refractivity contribution >= 4 is 18.3 Å². The van der Waals surface area contributed by atoms with Crippen molar-refractivity contribution in [3.8, 4) is 0 Å². The standard InChI is InChI=1S/C16H20N4O2.ClH/c1-22-10-14(11-5-3-2-4-6-11)18-16(21)15-12-9-17-8-7-13(12)19-20-15;/h2-6,14,17H,7-10H2,1H3,(H,18,21)(H,19,20);1H. The van der Waals surface area contributed by atoms with Gasteiger partial charge in [0, 0.05) is 37.9 Å². The maximum absolute atomic E-state index is 12.6. The number of hydrogen-bond donors (Lipinski definition) is 3. The molecule has 2 aromatic rings. The Morgan fingerprint density at radius 2 is 2.17 bits per heavy atom. The lowest BCUT2D eigenvalue weighted by Gasteiger charge is -2.19. The zero-order chi connectivity index (χ0) is 15.4. The van der Waals surface area contributed by atoms with Crippen LogP contribution in [0.1, 0.15) is 33.4 Å². The van der Waals surface area contributed by atoms with Crippen LogP contribution in [0, 0.1) is 0 Å². The van der Waals surface area contributed by atoms with E-state index in [4.69, 9.17) is 4.74 Å². The summed E-state index contributed by atoms with van der Waals surface area (Å²) >= 11 is 0. The average molecular weight is 337 g/mol. The Labute approximate surface area is 141 Å². The van der Waals surface area contributed by atoms with E-state index in [0.29, 0.717) is 18.8 Å². The molecular weight excluding hydrogens is 316 g/mol. The number of carbonyl (C=O) groups is 1. The van der Waals surface area contributed by atoms with Gasteiger partial charge in [0.1, 0.15) is 0 Å². The second kappa shape index (κ2) is 8.10. The van der Waals surface area contributed by atoms with Crippen LogP contribution in [0.3, 0.4) is 0 Å². The van der Waals surface area contributed by atoms with E-state index in [1.807, 2.05) is 30.3 Å². The summed E-state index contributed by atoms with van der Waals surface area (Å²) in [5.74, 6) is -0.174. The number of methoxy groups -OCH3 is 1. The van der Waals surface area contributed by atoms with Crippen LogP contribution >= 0.6 is 12.4 Å². The molecule has 3 N–H and O–H groups in total. The highest BCUT2D eigenvalue weighted by molar-refractivity contribution is 5.94. The molecule has 1 aromatic carbocycles. The first-order valence-electron chi connectivity index (χ1n) is 7.41. The van der Waals surface area contributed by atoms with Gasteiger partial charge in [0.05, 0.1) is 12.6 Å². The number of hydrogen-bond acceptors (Lipinski definition) is 4. The predicted molar refractivity (Wildman–Crippen MR) is 89.8 cm³/mol. The fourth-order valence-electron chi connectivity index (χ4n) is 2.71. The largest absolute Gasteiger partial charge is 0.382 e. The minimum atomic E-state index is -0.192. The SMILES string of the molecule is COCC(NC(=O)c1n[nH]c2c1CNCC2)c1ccccc1.Cl. The summed E-state index contributed by atoms with van der Waals surface area (Å²) in [7, 11) is 1.63. The third-order valence-electron chi connectivity index (χ3n) is 3.86. The fraction of sp³-hybridized carbons (Fsp3) is 0.375. The highest BCUT2D eigenvalue weighted by atomic mass is 35.5. The zero-order valence-electron chi connectivity index (χ0n) is 13.0. The van der Waals surface area contributed by atoms with Gasteiger partial charge in [0.15, 0.2) is 5.69 Å². The number of halogens is 1. The summed E-state index contributed by atoms with van der Waals surface area (Å²) in [6, 6.07) is 9.61. The monoisotopic (exact) mass is 336 g/mol. The third-order valence-corrected chi connectivity index (χ3v) is 3.86. The summed E-state index contributed by atoms with van der Waals surface area (Å²) in [5.41, 5.74) is 3.50. The molecule has 0 radical (unpaired) electrons. The van der Waals surface area contributed by atoms with Gasteiger partial charge in [-0.2, -0.15) is 5.10 Å². The minimum absolute atomic E-state index is 0. The quantitative estimate of drug-likeness (QED) is 0.775. The number of rotatable bonds is 5. The van der Waals surface area contributed by atoms with Gasteiger partial charge in [-0.1, -0.05) is 30.3 Å². The first-order chi connectivity index (χ1) is 10.8. The summed E-state index contributed by atoms with van der Waals surface area (Å²) < 4.78 is 5.23. The van der Waals surface area contributed by atoms with Gasteiger partial charge in [-0.05, 0) is 5.56 Å². The molecule has 0 fully saturated rings. The molecule has 1 aromatic heterocycles. The van der Waals surface area contributed by atoms with E-state index in [0.717, 1.165) is 29.8 Å². The molecule has 1 aliphatic heterocycles. The van der Waals surface area contributed by atoms with Crippen LogP contribution in [0.15, 0.2) is 30.3 Å². The van der Waals surface area contributed by atoms with Gasteiger partial charge in [0.2, 0.25) is 0 Å². The number of amides is 1. The van der Waals surface area contributed by atoms with Gasteiger partial charge in [-0.3, -0.25) is 9.89 Å². The number of H-pyrrole nitrogens is 1. The fourth-order valence-corrected chi connectivity index (χ4v) is 2.71. The van der Waals surface area contributed by atoms with Gasteiger partial charge >= 0.3 is 0 Å². The molecule has 3 rings (SSSR count). The Hall–Kier alpha value is -1.89. The molecule has 0 bridgehead atoms. The normalized spacial score (nSPS) is 14.5. The Morgan fingerprint density at radius 1 is 1.39 bits per heavy atom. The first kappa shape index (κ1) is 17.5. The molecule has 1 unspecified atom stereocenters. The highest BCUT2D eigenvalue weighted by Gasteiger charge is 2.23. The molecule has 1 amide bonds. The molecule has 1 aliphatic rings. The number of benzene rings is 1. The lowest BCUT2D eigenvalue weighted by molar-refractivity contribution is 0.0890. The molecule has 0 spiro atoms. The van der Waals surface area contributed by atoms with Crippen molar-refractivity contribution in [3.63, 3.8) is 0 Å². The van der Waals surface area contributed by atoms with E-state index in [2.05, 4.69) is 20.8 Å². The molecule has 1 atom stereocenters. The van der Waals surface area contributed by atoms with E-state index >= 15 is 0 Å². The zero-order valence-corrected chi connectivity index (χ0v) is 13.8. The second-order valence-corrected chi connectivity index (χ2v) is 5.35. The number of nitrogens with zero attached hydrogens (tertiary/aromatic N) is 1. The van der Waals surface area contributed by atoms with Crippen molar-refractivity contribution < 1.29 is 9.53 Å². The Balaban J connectivity index is 0.00000192. The molecule has 0 aliphatic carbocycles. The van der Waals surface area contributed by atoms with Gasteiger partial charge in [0.25, 0.3) is 5.91 Å². The van der Waals surface area contributed by atoms with Crippen molar-refractivity contribution in [3.05, 3.63) is 52.8 Å². The van der Waals surface area contributed by atoms with Crippen LogP contribution in [-0.4, -0.2) is 36.4 Å². The van der Waals surface area contributed by atoms with Crippen molar-refractivity contribution in [2.24, 2.45) is 0 Å². The van der Waals surface area contributed by atoms with E-state index in [9.17, 15) is 4.79 Å². The molecule has 6 nitrogen and oxygen atoms in total. The molecule has 23 heavy (non-hydrogen) atoms. The smallest absolute Gasteiger partial charge is 0.272 e. The van der Waals surface area contributed by atoms with Crippen LogP contribution in [-0.2, 0) is 17.7 Å². The lowest BCUT2D eigenvalue weighted by atomic mass is 10.1. The molecule has 0 saturated carbocycles. The van der Waals surface area contributed by atoms with E-state index in [1.54, 1.807) is 7.11 Å². The van der Waals surface area contributed by atoms with Crippen molar-refractivity contribution in [1.29, 1.82) is 0 Å². The maximum atomic E-state index is 12.6. The van der Waals surface area contributed by atoms with Crippen LogP contribution in [0.4, 0.5) is 0 Å². The van der Waals surface area contributed by atoms with Crippen molar-refractivity contribution in [1.82, 2.24) is 20.8 Å².